The number of amides is 2. The van der Waals surface area contributed by atoms with Gasteiger partial charge in [0.05, 0.1) is 12.8 Å². The summed E-state index contributed by atoms with van der Waals surface area (Å²) in [6.07, 6.45) is 1.30. The number of hydrazine groups is 1. The minimum Gasteiger partial charge on any atom is -0.497 e. The van der Waals surface area contributed by atoms with Crippen molar-refractivity contribution in [3.63, 3.8) is 0 Å². The largest absolute Gasteiger partial charge is 0.497 e. The van der Waals surface area contributed by atoms with E-state index in [4.69, 9.17) is 9.47 Å². The number of nitrogens with one attached hydrogen (secondary N) is 2. The maximum atomic E-state index is 14.0. The molecule has 2 amide bonds. The number of carbonyl (C=O) groups is 2. The summed E-state index contributed by atoms with van der Waals surface area (Å²) in [5, 5.41) is 0. The van der Waals surface area contributed by atoms with Crippen LogP contribution in [0.4, 0.5) is 14.9 Å². The summed E-state index contributed by atoms with van der Waals surface area (Å²) >= 11 is 0. The molecule has 0 bridgehead atoms. The van der Waals surface area contributed by atoms with Crippen molar-refractivity contribution in [2.24, 2.45) is 0 Å². The highest BCUT2D eigenvalue weighted by Crippen LogP contribution is 2.28. The van der Waals surface area contributed by atoms with Gasteiger partial charge in [-0.15, -0.1) is 4.83 Å². The Morgan fingerprint density at radius 3 is 2.37 bits per heavy atom. The van der Waals surface area contributed by atoms with Gasteiger partial charge in [-0.2, -0.15) is 0 Å². The number of hydrogen-bond donors (Lipinski definition) is 2. The summed E-state index contributed by atoms with van der Waals surface area (Å²) in [5.41, 5.74) is 3.63. The number of pyridine rings is 1. The summed E-state index contributed by atoms with van der Waals surface area (Å²) in [6.45, 7) is 7.68. The zero-order chi connectivity index (χ0) is 29.8. The van der Waals surface area contributed by atoms with Crippen LogP contribution in [-0.4, -0.2) is 69.2 Å². The van der Waals surface area contributed by atoms with Crippen LogP contribution in [0.15, 0.2) is 65.7 Å². The van der Waals surface area contributed by atoms with E-state index in [9.17, 15) is 22.4 Å². The van der Waals surface area contributed by atoms with Crippen molar-refractivity contribution < 1.29 is 31.9 Å². The molecule has 2 aromatic carbocycles. The van der Waals surface area contributed by atoms with E-state index in [1.165, 1.54) is 25.3 Å². The van der Waals surface area contributed by atoms with E-state index < -0.39 is 32.2 Å². The fourth-order valence-corrected chi connectivity index (χ4v) is 5.07. The maximum absolute atomic E-state index is 14.0. The average Bonchev–Trinajstić information content (AvgIpc) is 2.95. The summed E-state index contributed by atoms with van der Waals surface area (Å²) < 4.78 is 49.7. The van der Waals surface area contributed by atoms with Crippen molar-refractivity contribution in [3.05, 3.63) is 72.2 Å². The topological polar surface area (TPSA) is 130 Å². The molecule has 0 unspecified atom stereocenters. The SMILES string of the molecule is COc1cc(C(=O)NNS(=O)(=O)c2ccccc2F)cc(-c2cc(N3CCN(C(=O)OC(C)(C)C)CC3)ccn2)c1. The Kier molecular flexibility index (Phi) is 8.78. The molecule has 1 saturated heterocycles. The van der Waals surface area contributed by atoms with Crippen LogP contribution >= 0.6 is 0 Å². The van der Waals surface area contributed by atoms with Crippen LogP contribution in [0.2, 0.25) is 0 Å². The molecule has 11 nitrogen and oxygen atoms in total. The van der Waals surface area contributed by atoms with Gasteiger partial charge in [0, 0.05) is 49.2 Å². The first-order valence-electron chi connectivity index (χ1n) is 12.8. The molecule has 1 aliphatic rings. The second-order valence-corrected chi connectivity index (χ2v) is 11.9. The van der Waals surface area contributed by atoms with Crippen LogP contribution in [0.25, 0.3) is 11.3 Å². The van der Waals surface area contributed by atoms with Crippen LogP contribution in [0, 0.1) is 5.82 Å². The lowest BCUT2D eigenvalue weighted by Crippen LogP contribution is -2.50. The molecule has 3 aromatic rings. The molecular weight excluding hydrogens is 553 g/mol. The predicted molar refractivity (Wildman–Crippen MR) is 150 cm³/mol. The second-order valence-electron chi connectivity index (χ2n) is 10.3. The van der Waals surface area contributed by atoms with Gasteiger partial charge in [0.15, 0.2) is 0 Å². The lowest BCUT2D eigenvalue weighted by Gasteiger charge is -2.36. The van der Waals surface area contributed by atoms with Crippen LogP contribution < -0.4 is 19.9 Å². The molecule has 0 spiro atoms. The molecular formula is C28H32FN5O6S. The molecule has 2 heterocycles. The highest BCUT2D eigenvalue weighted by atomic mass is 32.2. The molecule has 1 aliphatic heterocycles. The van der Waals surface area contributed by atoms with Crippen LogP contribution in [-0.2, 0) is 14.8 Å². The van der Waals surface area contributed by atoms with E-state index in [2.05, 4.69) is 15.3 Å². The quantitative estimate of drug-likeness (QED) is 0.403. The maximum Gasteiger partial charge on any atom is 0.410 e. The number of anilines is 1. The second kappa shape index (κ2) is 12.1. The zero-order valence-electron chi connectivity index (χ0n) is 23.2. The van der Waals surface area contributed by atoms with Gasteiger partial charge in [-0.3, -0.25) is 15.2 Å². The number of carbonyl (C=O) groups excluding carboxylic acids is 2. The number of rotatable bonds is 7. The predicted octanol–water partition coefficient (Wildman–Crippen LogP) is 3.58. The minimum atomic E-state index is -4.35. The highest BCUT2D eigenvalue weighted by Gasteiger charge is 2.26. The summed E-state index contributed by atoms with van der Waals surface area (Å²) in [7, 11) is -2.91. The van der Waals surface area contributed by atoms with E-state index >= 15 is 0 Å². The Balaban J connectivity index is 1.48. The van der Waals surface area contributed by atoms with E-state index in [1.807, 2.05) is 37.7 Å². The molecule has 2 N–H and O–H groups in total. The van der Waals surface area contributed by atoms with Crippen molar-refractivity contribution >= 4 is 27.7 Å². The molecule has 218 valence electrons. The van der Waals surface area contributed by atoms with E-state index in [-0.39, 0.29) is 11.7 Å². The Morgan fingerprint density at radius 1 is 1.00 bits per heavy atom. The molecule has 13 heteroatoms. The van der Waals surface area contributed by atoms with Gasteiger partial charge < -0.3 is 19.3 Å². The van der Waals surface area contributed by atoms with Gasteiger partial charge in [0.1, 0.15) is 22.1 Å². The van der Waals surface area contributed by atoms with Crippen molar-refractivity contribution in [1.29, 1.82) is 0 Å². The van der Waals surface area contributed by atoms with Gasteiger partial charge in [0.2, 0.25) is 0 Å². The molecule has 0 atom stereocenters. The Morgan fingerprint density at radius 2 is 1.71 bits per heavy atom. The third-order valence-electron chi connectivity index (χ3n) is 6.17. The number of hydrogen-bond acceptors (Lipinski definition) is 8. The molecule has 0 radical (unpaired) electrons. The first kappa shape index (κ1) is 29.7. The van der Waals surface area contributed by atoms with Crippen LogP contribution in [0.5, 0.6) is 5.75 Å². The van der Waals surface area contributed by atoms with Crippen LogP contribution in [0.3, 0.4) is 0 Å². The van der Waals surface area contributed by atoms with Crippen molar-refractivity contribution in [2.75, 3.05) is 38.2 Å². The van der Waals surface area contributed by atoms with E-state index in [0.717, 1.165) is 17.8 Å². The lowest BCUT2D eigenvalue weighted by atomic mass is 10.1. The molecule has 0 saturated carbocycles. The van der Waals surface area contributed by atoms with Gasteiger partial charge >= 0.3 is 6.09 Å². The number of benzene rings is 2. The number of sulfonamides is 1. The summed E-state index contributed by atoms with van der Waals surface area (Å²) in [6, 6.07) is 13.2. The number of piperazine rings is 1. The van der Waals surface area contributed by atoms with Gasteiger partial charge in [-0.1, -0.05) is 12.1 Å². The fraction of sp³-hybridized carbons (Fsp3) is 0.321. The first-order valence-corrected chi connectivity index (χ1v) is 14.3. The van der Waals surface area contributed by atoms with Crippen LogP contribution in [0.1, 0.15) is 31.1 Å². The first-order chi connectivity index (χ1) is 19.4. The monoisotopic (exact) mass is 585 g/mol. The standard InChI is InChI=1S/C28H32FN5O6S/c1-28(2,3)40-27(36)34-13-11-33(12-14-34)21-9-10-30-24(18-21)19-15-20(17-22(16-19)39-4)26(35)31-32-41(37,38)25-8-6-5-7-23(25)29/h5-10,15-18,32H,11-14H2,1-4H3,(H,31,35). The lowest BCUT2D eigenvalue weighted by molar-refractivity contribution is 0.0240. The average molecular weight is 586 g/mol. The Bertz CT molecular complexity index is 1530. The molecule has 1 fully saturated rings. The number of halogens is 1. The fourth-order valence-electron chi connectivity index (χ4n) is 4.15. The summed E-state index contributed by atoms with van der Waals surface area (Å²) in [5.74, 6) is -1.38. The number of methoxy groups -OCH3 is 1. The summed E-state index contributed by atoms with van der Waals surface area (Å²) in [4.78, 5) is 34.9. The normalized spacial score (nSPS) is 14.0. The van der Waals surface area contributed by atoms with E-state index in [1.54, 1.807) is 23.2 Å². The Hall–Kier alpha value is -4.23. The highest BCUT2D eigenvalue weighted by molar-refractivity contribution is 7.89. The van der Waals surface area contributed by atoms with Gasteiger partial charge in [0.25, 0.3) is 15.9 Å². The molecule has 4 rings (SSSR count). The number of ether oxygens (including phenoxy) is 2. The Labute approximate surface area is 238 Å². The zero-order valence-corrected chi connectivity index (χ0v) is 24.0. The molecule has 41 heavy (non-hydrogen) atoms. The van der Waals surface area contributed by atoms with Crippen molar-refractivity contribution in [1.82, 2.24) is 20.1 Å². The third-order valence-corrected chi connectivity index (χ3v) is 7.45. The van der Waals surface area contributed by atoms with Gasteiger partial charge in [-0.25, -0.2) is 17.6 Å². The van der Waals surface area contributed by atoms with Crippen molar-refractivity contribution in [3.8, 4) is 17.0 Å². The number of aromatic nitrogens is 1. The van der Waals surface area contributed by atoms with E-state index in [0.29, 0.717) is 43.2 Å². The third kappa shape index (κ3) is 7.50. The smallest absolute Gasteiger partial charge is 0.410 e. The molecule has 1 aromatic heterocycles. The van der Waals surface area contributed by atoms with Gasteiger partial charge in [-0.05, 0) is 63.2 Å². The van der Waals surface area contributed by atoms with Crippen molar-refractivity contribution in [2.45, 2.75) is 31.3 Å². The minimum absolute atomic E-state index is 0.0914. The number of nitrogens with zero attached hydrogens (tertiary/aromatic N) is 3. The molecule has 0 aliphatic carbocycles.